The third-order valence-electron chi connectivity index (χ3n) is 4.98. The van der Waals surface area contributed by atoms with Crippen molar-refractivity contribution in [2.45, 2.75) is 63.5 Å². The highest BCUT2D eigenvalue weighted by molar-refractivity contribution is 5.79. The number of nitrogens with two attached hydrogens (primary N) is 1. The first-order valence-corrected chi connectivity index (χ1v) is 7.30. The summed E-state index contributed by atoms with van der Waals surface area (Å²) in [6.45, 7) is 4.46. The molecule has 1 saturated carbocycles. The summed E-state index contributed by atoms with van der Waals surface area (Å²) in [7, 11) is 0. The number of carboxylic acids is 1. The summed E-state index contributed by atoms with van der Waals surface area (Å²) in [6, 6.07) is 0.650. The second kappa shape index (κ2) is 5.57. The Labute approximate surface area is 110 Å². The Bertz CT molecular complexity index is 308. The summed E-state index contributed by atoms with van der Waals surface area (Å²) in [6.07, 6.45) is 7.40. The lowest BCUT2D eigenvalue weighted by Crippen LogP contribution is -2.52. The molecule has 18 heavy (non-hydrogen) atoms. The molecule has 1 heterocycles. The van der Waals surface area contributed by atoms with E-state index in [1.165, 1.54) is 25.8 Å². The van der Waals surface area contributed by atoms with Crippen molar-refractivity contribution in [2.75, 3.05) is 13.1 Å². The van der Waals surface area contributed by atoms with Crippen molar-refractivity contribution in [2.24, 2.45) is 11.7 Å². The minimum absolute atomic E-state index is 0.157. The van der Waals surface area contributed by atoms with Gasteiger partial charge in [0.1, 0.15) is 5.54 Å². The standard InChI is InChI=1S/C14H26N2O2/c1-11-5-2-3-9-16(11)10-7-12-6-4-8-14(12,15)13(17)18/h11-12H,2-10,15H2,1H3,(H,17,18). The number of carbonyl (C=O) groups is 1. The van der Waals surface area contributed by atoms with Crippen molar-refractivity contribution in [3.8, 4) is 0 Å². The van der Waals surface area contributed by atoms with Crippen LogP contribution in [0.1, 0.15) is 51.9 Å². The van der Waals surface area contributed by atoms with Gasteiger partial charge in [0.05, 0.1) is 0 Å². The molecule has 0 radical (unpaired) electrons. The lowest BCUT2D eigenvalue weighted by molar-refractivity contribution is -0.144. The van der Waals surface area contributed by atoms with Crippen LogP contribution in [-0.4, -0.2) is 40.6 Å². The molecule has 3 atom stereocenters. The summed E-state index contributed by atoms with van der Waals surface area (Å²) < 4.78 is 0. The number of aliphatic carboxylic acids is 1. The maximum Gasteiger partial charge on any atom is 0.323 e. The molecule has 0 amide bonds. The number of hydrogen-bond donors (Lipinski definition) is 2. The predicted octanol–water partition coefficient (Wildman–Crippen LogP) is 1.83. The number of carboxylic acid groups (broad SMARTS) is 1. The van der Waals surface area contributed by atoms with Gasteiger partial charge in [-0.1, -0.05) is 12.8 Å². The van der Waals surface area contributed by atoms with E-state index in [1.807, 2.05) is 0 Å². The van der Waals surface area contributed by atoms with Crippen LogP contribution >= 0.6 is 0 Å². The topological polar surface area (TPSA) is 66.6 Å². The first-order valence-electron chi connectivity index (χ1n) is 7.30. The van der Waals surface area contributed by atoms with Gasteiger partial charge in [-0.05, 0) is 58.0 Å². The van der Waals surface area contributed by atoms with Crippen LogP contribution < -0.4 is 5.73 Å². The quantitative estimate of drug-likeness (QED) is 0.803. The molecular weight excluding hydrogens is 228 g/mol. The van der Waals surface area contributed by atoms with E-state index in [0.29, 0.717) is 12.5 Å². The monoisotopic (exact) mass is 254 g/mol. The van der Waals surface area contributed by atoms with Gasteiger partial charge in [0.25, 0.3) is 0 Å². The van der Waals surface area contributed by atoms with Crippen molar-refractivity contribution in [1.29, 1.82) is 0 Å². The minimum Gasteiger partial charge on any atom is -0.480 e. The summed E-state index contributed by atoms with van der Waals surface area (Å²) in [5, 5.41) is 9.29. The Kier molecular flexibility index (Phi) is 4.28. The molecule has 0 aromatic heterocycles. The average Bonchev–Trinajstić information content (AvgIpc) is 2.71. The molecule has 0 aromatic rings. The zero-order valence-electron chi connectivity index (χ0n) is 11.4. The maximum absolute atomic E-state index is 11.3. The predicted molar refractivity (Wildman–Crippen MR) is 71.4 cm³/mol. The summed E-state index contributed by atoms with van der Waals surface area (Å²) in [5.41, 5.74) is 5.12. The molecule has 2 aliphatic rings. The fourth-order valence-corrected chi connectivity index (χ4v) is 3.60. The van der Waals surface area contributed by atoms with Crippen molar-refractivity contribution >= 4 is 5.97 Å². The Morgan fingerprint density at radius 1 is 1.39 bits per heavy atom. The van der Waals surface area contributed by atoms with Gasteiger partial charge in [-0.3, -0.25) is 4.79 Å². The Morgan fingerprint density at radius 3 is 2.83 bits per heavy atom. The van der Waals surface area contributed by atoms with E-state index < -0.39 is 11.5 Å². The maximum atomic E-state index is 11.3. The van der Waals surface area contributed by atoms with E-state index in [0.717, 1.165) is 25.8 Å². The first kappa shape index (κ1) is 13.8. The summed E-state index contributed by atoms with van der Waals surface area (Å²) in [4.78, 5) is 13.8. The molecule has 3 unspecified atom stereocenters. The minimum atomic E-state index is -0.959. The lowest BCUT2D eigenvalue weighted by atomic mass is 9.85. The normalized spacial score (nSPS) is 37.9. The van der Waals surface area contributed by atoms with Gasteiger partial charge in [-0.25, -0.2) is 0 Å². The molecule has 0 spiro atoms. The summed E-state index contributed by atoms with van der Waals surface area (Å²) >= 11 is 0. The van der Waals surface area contributed by atoms with E-state index in [2.05, 4.69) is 11.8 Å². The van der Waals surface area contributed by atoms with E-state index in [-0.39, 0.29) is 5.92 Å². The molecule has 0 aromatic carbocycles. The molecule has 3 N–H and O–H groups in total. The van der Waals surface area contributed by atoms with Gasteiger partial charge >= 0.3 is 5.97 Å². The molecule has 4 nitrogen and oxygen atoms in total. The third-order valence-corrected chi connectivity index (χ3v) is 4.98. The van der Waals surface area contributed by atoms with Crippen molar-refractivity contribution < 1.29 is 9.90 Å². The number of rotatable bonds is 4. The van der Waals surface area contributed by atoms with Gasteiger partial charge in [-0.15, -0.1) is 0 Å². The van der Waals surface area contributed by atoms with Crippen LogP contribution in [-0.2, 0) is 4.79 Å². The fourth-order valence-electron chi connectivity index (χ4n) is 3.60. The zero-order valence-corrected chi connectivity index (χ0v) is 11.4. The van der Waals surface area contributed by atoms with Crippen LogP contribution in [0.25, 0.3) is 0 Å². The van der Waals surface area contributed by atoms with Crippen LogP contribution in [0, 0.1) is 5.92 Å². The second-order valence-electron chi connectivity index (χ2n) is 6.10. The smallest absolute Gasteiger partial charge is 0.323 e. The molecule has 2 fully saturated rings. The number of piperidine rings is 1. The lowest BCUT2D eigenvalue weighted by Gasteiger charge is -2.35. The highest BCUT2D eigenvalue weighted by Crippen LogP contribution is 2.36. The number of likely N-dealkylation sites (tertiary alicyclic amines) is 1. The van der Waals surface area contributed by atoms with Crippen LogP contribution in [0.4, 0.5) is 0 Å². The molecule has 1 aliphatic carbocycles. The highest BCUT2D eigenvalue weighted by Gasteiger charge is 2.45. The Morgan fingerprint density at radius 2 is 2.17 bits per heavy atom. The average molecular weight is 254 g/mol. The van der Waals surface area contributed by atoms with Crippen LogP contribution in [0.2, 0.25) is 0 Å². The van der Waals surface area contributed by atoms with Gasteiger partial charge in [-0.2, -0.15) is 0 Å². The highest BCUT2D eigenvalue weighted by atomic mass is 16.4. The second-order valence-corrected chi connectivity index (χ2v) is 6.10. The molecule has 1 saturated heterocycles. The van der Waals surface area contributed by atoms with E-state index >= 15 is 0 Å². The Balaban J connectivity index is 1.87. The molecule has 2 rings (SSSR count). The van der Waals surface area contributed by atoms with E-state index in [9.17, 15) is 9.90 Å². The van der Waals surface area contributed by atoms with Gasteiger partial charge < -0.3 is 15.7 Å². The number of nitrogens with zero attached hydrogens (tertiary/aromatic N) is 1. The van der Waals surface area contributed by atoms with Gasteiger partial charge in [0, 0.05) is 6.04 Å². The summed E-state index contributed by atoms with van der Waals surface area (Å²) in [5.74, 6) is -0.652. The largest absolute Gasteiger partial charge is 0.480 e. The fraction of sp³-hybridized carbons (Fsp3) is 0.929. The van der Waals surface area contributed by atoms with Gasteiger partial charge in [0.15, 0.2) is 0 Å². The number of hydrogen-bond acceptors (Lipinski definition) is 3. The first-order chi connectivity index (χ1) is 8.54. The van der Waals surface area contributed by atoms with Crippen molar-refractivity contribution in [3.05, 3.63) is 0 Å². The van der Waals surface area contributed by atoms with E-state index in [4.69, 9.17) is 5.73 Å². The molecule has 4 heteroatoms. The SMILES string of the molecule is CC1CCCCN1CCC1CCCC1(N)C(=O)O. The molecular formula is C14H26N2O2. The zero-order chi connectivity index (χ0) is 13.2. The van der Waals surface area contributed by atoms with Crippen LogP contribution in [0.15, 0.2) is 0 Å². The van der Waals surface area contributed by atoms with Gasteiger partial charge in [0.2, 0.25) is 0 Å². The van der Waals surface area contributed by atoms with Crippen molar-refractivity contribution in [3.63, 3.8) is 0 Å². The third kappa shape index (κ3) is 2.69. The van der Waals surface area contributed by atoms with Crippen LogP contribution in [0.3, 0.4) is 0 Å². The molecule has 1 aliphatic heterocycles. The van der Waals surface area contributed by atoms with Crippen LogP contribution in [0.5, 0.6) is 0 Å². The van der Waals surface area contributed by atoms with E-state index in [1.54, 1.807) is 0 Å². The molecule has 0 bridgehead atoms. The molecule has 104 valence electrons. The van der Waals surface area contributed by atoms with Crippen molar-refractivity contribution in [1.82, 2.24) is 4.90 Å². The Hall–Kier alpha value is -0.610.